The quantitative estimate of drug-likeness (QED) is 0.912. The van der Waals surface area contributed by atoms with Crippen molar-refractivity contribution in [1.29, 1.82) is 0 Å². The molecule has 2 atom stereocenters. The highest BCUT2D eigenvalue weighted by molar-refractivity contribution is 5.87. The zero-order chi connectivity index (χ0) is 15.5. The number of hydrogen-bond acceptors (Lipinski definition) is 5. The molecule has 1 saturated heterocycles. The van der Waals surface area contributed by atoms with Gasteiger partial charge in [-0.25, -0.2) is 9.97 Å². The molecular formula is C16H25N5O. The maximum Gasteiger partial charge on any atom is 0.142 e. The third-order valence-electron chi connectivity index (χ3n) is 4.78. The number of likely N-dealkylation sites (N-methyl/N-ethyl adjacent to an activating group) is 1. The summed E-state index contributed by atoms with van der Waals surface area (Å²) >= 11 is 0. The Morgan fingerprint density at radius 2 is 2.32 bits per heavy atom. The summed E-state index contributed by atoms with van der Waals surface area (Å²) in [6.07, 6.45) is 4.77. The molecule has 22 heavy (non-hydrogen) atoms. The van der Waals surface area contributed by atoms with Crippen LogP contribution in [-0.4, -0.2) is 66.3 Å². The lowest BCUT2D eigenvalue weighted by molar-refractivity contribution is 0.112. The summed E-state index contributed by atoms with van der Waals surface area (Å²) in [5.41, 5.74) is 0.900. The van der Waals surface area contributed by atoms with Gasteiger partial charge < -0.3 is 14.6 Å². The van der Waals surface area contributed by atoms with Crippen LogP contribution in [0.4, 0.5) is 5.82 Å². The van der Waals surface area contributed by atoms with Crippen molar-refractivity contribution in [2.24, 2.45) is 5.92 Å². The van der Waals surface area contributed by atoms with Crippen LogP contribution in [0.3, 0.4) is 0 Å². The Kier molecular flexibility index (Phi) is 4.59. The Balaban J connectivity index is 1.80. The van der Waals surface area contributed by atoms with Crippen LogP contribution in [0.5, 0.6) is 0 Å². The van der Waals surface area contributed by atoms with Crippen LogP contribution < -0.4 is 4.90 Å². The molecule has 3 rings (SSSR count). The molecule has 0 saturated carbocycles. The Bertz CT molecular complexity index is 611. The van der Waals surface area contributed by atoms with Crippen molar-refractivity contribution in [1.82, 2.24) is 19.9 Å². The molecule has 1 aliphatic heterocycles. The first-order valence-corrected chi connectivity index (χ1v) is 7.93. The maximum absolute atomic E-state index is 5.22. The second kappa shape index (κ2) is 6.62. The number of nitrogens with one attached hydrogen (secondary N) is 1. The minimum absolute atomic E-state index is 0.457. The Morgan fingerprint density at radius 1 is 1.45 bits per heavy atom. The summed E-state index contributed by atoms with van der Waals surface area (Å²) in [6.45, 7) is 6.33. The van der Waals surface area contributed by atoms with Gasteiger partial charge in [0.05, 0.1) is 12.0 Å². The molecule has 0 bridgehead atoms. The van der Waals surface area contributed by atoms with E-state index >= 15 is 0 Å². The fraction of sp³-hybridized carbons (Fsp3) is 0.625. The molecule has 6 nitrogen and oxygen atoms in total. The van der Waals surface area contributed by atoms with E-state index < -0.39 is 0 Å². The zero-order valence-electron chi connectivity index (χ0n) is 13.6. The molecular weight excluding hydrogens is 278 g/mol. The first-order chi connectivity index (χ1) is 10.7. The lowest BCUT2D eigenvalue weighted by Crippen LogP contribution is -2.51. The van der Waals surface area contributed by atoms with Gasteiger partial charge in [0.1, 0.15) is 17.8 Å². The van der Waals surface area contributed by atoms with Gasteiger partial charge in [0.2, 0.25) is 0 Å². The van der Waals surface area contributed by atoms with E-state index in [2.05, 4.69) is 44.8 Å². The molecule has 120 valence electrons. The summed E-state index contributed by atoms with van der Waals surface area (Å²) in [5, 5.41) is 1.09. The van der Waals surface area contributed by atoms with Gasteiger partial charge in [-0.05, 0) is 24.9 Å². The average Bonchev–Trinajstić information content (AvgIpc) is 3.02. The Labute approximate surface area is 131 Å². The summed E-state index contributed by atoms with van der Waals surface area (Å²) in [7, 11) is 3.91. The van der Waals surface area contributed by atoms with Crippen LogP contribution in [-0.2, 0) is 4.74 Å². The number of anilines is 1. The van der Waals surface area contributed by atoms with Crippen molar-refractivity contribution >= 4 is 16.9 Å². The lowest BCUT2D eigenvalue weighted by Gasteiger charge is -2.42. The molecule has 1 aliphatic rings. The van der Waals surface area contributed by atoms with Gasteiger partial charge in [-0.15, -0.1) is 0 Å². The van der Waals surface area contributed by atoms with E-state index in [-0.39, 0.29) is 0 Å². The van der Waals surface area contributed by atoms with Gasteiger partial charge in [-0.2, -0.15) is 0 Å². The number of rotatable bonds is 5. The fourth-order valence-corrected chi connectivity index (χ4v) is 3.34. The number of fused-ring (bicyclic) bond motifs is 1. The fourth-order valence-electron chi connectivity index (χ4n) is 3.34. The topological polar surface area (TPSA) is 57.3 Å². The van der Waals surface area contributed by atoms with E-state index in [1.165, 1.54) is 6.42 Å². The van der Waals surface area contributed by atoms with Crippen molar-refractivity contribution in [3.63, 3.8) is 0 Å². The second-order valence-electron chi connectivity index (χ2n) is 6.17. The number of aromatic nitrogens is 3. The van der Waals surface area contributed by atoms with Crippen molar-refractivity contribution in [3.8, 4) is 0 Å². The standard InChI is InChI=1S/C16H25N5O/c1-12-5-7-21(8-9-22-3)10-14(12)20(2)16-13-4-6-17-15(13)18-11-19-16/h4,6,11-12,14H,5,7-10H2,1-3H3,(H,17,18,19). The molecule has 2 unspecified atom stereocenters. The lowest BCUT2D eigenvalue weighted by atomic mass is 9.92. The Morgan fingerprint density at radius 3 is 3.14 bits per heavy atom. The highest BCUT2D eigenvalue weighted by atomic mass is 16.5. The van der Waals surface area contributed by atoms with E-state index in [1.54, 1.807) is 13.4 Å². The second-order valence-corrected chi connectivity index (χ2v) is 6.17. The molecule has 0 radical (unpaired) electrons. The summed E-state index contributed by atoms with van der Waals surface area (Å²) in [5.74, 6) is 1.66. The molecule has 2 aromatic rings. The molecule has 3 heterocycles. The van der Waals surface area contributed by atoms with E-state index in [9.17, 15) is 0 Å². The van der Waals surface area contributed by atoms with E-state index in [0.29, 0.717) is 12.0 Å². The molecule has 0 aliphatic carbocycles. The van der Waals surface area contributed by atoms with Crippen LogP contribution in [0.1, 0.15) is 13.3 Å². The number of nitrogens with zero attached hydrogens (tertiary/aromatic N) is 4. The van der Waals surface area contributed by atoms with Gasteiger partial charge in [0.25, 0.3) is 0 Å². The minimum atomic E-state index is 0.457. The number of methoxy groups -OCH3 is 1. The molecule has 0 aromatic carbocycles. The SMILES string of the molecule is COCCN1CCC(C)C(N(C)c2ncnc3[nH]ccc23)C1. The zero-order valence-corrected chi connectivity index (χ0v) is 13.6. The number of ether oxygens (including phenoxy) is 1. The normalized spacial score (nSPS) is 23.0. The maximum atomic E-state index is 5.22. The van der Waals surface area contributed by atoms with Crippen molar-refractivity contribution in [2.45, 2.75) is 19.4 Å². The summed E-state index contributed by atoms with van der Waals surface area (Å²) < 4.78 is 5.22. The van der Waals surface area contributed by atoms with E-state index in [1.807, 2.05) is 6.20 Å². The van der Waals surface area contributed by atoms with Gasteiger partial charge in [-0.3, -0.25) is 4.90 Å². The molecule has 1 fully saturated rings. The third-order valence-corrected chi connectivity index (χ3v) is 4.78. The third kappa shape index (κ3) is 2.94. The van der Waals surface area contributed by atoms with Crippen LogP contribution in [0, 0.1) is 5.92 Å². The number of aromatic amines is 1. The number of likely N-dealkylation sites (tertiary alicyclic amines) is 1. The number of H-pyrrole nitrogens is 1. The first-order valence-electron chi connectivity index (χ1n) is 7.93. The highest BCUT2D eigenvalue weighted by Gasteiger charge is 2.30. The average molecular weight is 303 g/mol. The monoisotopic (exact) mass is 303 g/mol. The number of hydrogen-bond donors (Lipinski definition) is 1. The van der Waals surface area contributed by atoms with E-state index in [0.717, 1.165) is 43.1 Å². The smallest absolute Gasteiger partial charge is 0.142 e. The van der Waals surface area contributed by atoms with Crippen molar-refractivity contribution < 1.29 is 4.74 Å². The molecule has 2 aromatic heterocycles. The van der Waals surface area contributed by atoms with E-state index in [4.69, 9.17) is 4.74 Å². The van der Waals surface area contributed by atoms with Gasteiger partial charge >= 0.3 is 0 Å². The van der Waals surface area contributed by atoms with Crippen molar-refractivity contribution in [2.75, 3.05) is 45.3 Å². The predicted molar refractivity (Wildman–Crippen MR) is 88.2 cm³/mol. The molecule has 0 spiro atoms. The Hall–Kier alpha value is -1.66. The highest BCUT2D eigenvalue weighted by Crippen LogP contribution is 2.28. The molecule has 6 heteroatoms. The van der Waals surface area contributed by atoms with Crippen molar-refractivity contribution in [3.05, 3.63) is 18.6 Å². The largest absolute Gasteiger partial charge is 0.383 e. The first kappa shape index (κ1) is 15.2. The summed E-state index contributed by atoms with van der Waals surface area (Å²) in [6, 6.07) is 2.51. The van der Waals surface area contributed by atoms with Gasteiger partial charge in [-0.1, -0.05) is 6.92 Å². The number of piperidine rings is 1. The predicted octanol–water partition coefficient (Wildman–Crippen LogP) is 1.75. The van der Waals surface area contributed by atoms with Crippen LogP contribution in [0.2, 0.25) is 0 Å². The molecule has 0 amide bonds. The van der Waals surface area contributed by atoms with Gasteiger partial charge in [0.15, 0.2) is 0 Å². The molecule has 1 N–H and O–H groups in total. The van der Waals surface area contributed by atoms with Crippen LogP contribution in [0.15, 0.2) is 18.6 Å². The van der Waals surface area contributed by atoms with Crippen LogP contribution >= 0.6 is 0 Å². The van der Waals surface area contributed by atoms with Crippen LogP contribution in [0.25, 0.3) is 11.0 Å². The minimum Gasteiger partial charge on any atom is -0.383 e. The van der Waals surface area contributed by atoms with Gasteiger partial charge in [0, 0.05) is 39.5 Å². The summed E-state index contributed by atoms with van der Waals surface area (Å²) in [4.78, 5) is 16.8.